The molecule has 17 heavy (non-hydrogen) atoms. The summed E-state index contributed by atoms with van der Waals surface area (Å²) in [5.74, 6) is 0.652. The third-order valence-electron chi connectivity index (χ3n) is 3.03. The van der Waals surface area contributed by atoms with Gasteiger partial charge in [0, 0.05) is 13.5 Å². The largest absolute Gasteiger partial charge is 0.497 e. The van der Waals surface area contributed by atoms with Crippen molar-refractivity contribution in [3.63, 3.8) is 0 Å². The van der Waals surface area contributed by atoms with Gasteiger partial charge in [0.15, 0.2) is 5.72 Å². The third-order valence-corrected chi connectivity index (χ3v) is 3.03. The maximum absolute atomic E-state index is 6.18. The molecule has 3 nitrogen and oxygen atoms in total. The number of rotatable bonds is 3. The molecule has 0 bridgehead atoms. The van der Waals surface area contributed by atoms with E-state index in [4.69, 9.17) is 15.2 Å². The van der Waals surface area contributed by atoms with Crippen molar-refractivity contribution in [3.05, 3.63) is 53.8 Å². The first-order chi connectivity index (χ1) is 8.19. The molecule has 1 aromatic carbocycles. The highest BCUT2D eigenvalue weighted by Crippen LogP contribution is 2.33. The maximum atomic E-state index is 6.18. The van der Waals surface area contributed by atoms with Crippen LogP contribution in [0.2, 0.25) is 0 Å². The lowest BCUT2D eigenvalue weighted by Crippen LogP contribution is -2.45. The van der Waals surface area contributed by atoms with Crippen LogP contribution in [0.25, 0.3) is 5.57 Å². The molecule has 0 heterocycles. The lowest BCUT2D eigenvalue weighted by Gasteiger charge is -2.32. The van der Waals surface area contributed by atoms with Crippen molar-refractivity contribution in [2.24, 2.45) is 5.73 Å². The van der Waals surface area contributed by atoms with Crippen molar-refractivity contribution < 1.29 is 9.47 Å². The maximum Gasteiger partial charge on any atom is 0.178 e. The summed E-state index contributed by atoms with van der Waals surface area (Å²) < 4.78 is 10.6. The minimum atomic E-state index is -0.866. The van der Waals surface area contributed by atoms with Crippen LogP contribution in [0.5, 0.6) is 0 Å². The van der Waals surface area contributed by atoms with Crippen molar-refractivity contribution in [1.29, 1.82) is 0 Å². The van der Waals surface area contributed by atoms with Gasteiger partial charge in [-0.05, 0) is 17.2 Å². The molecule has 0 spiro atoms. The zero-order chi connectivity index (χ0) is 12.3. The smallest absolute Gasteiger partial charge is 0.178 e. The third kappa shape index (κ3) is 2.25. The van der Waals surface area contributed by atoms with E-state index in [1.54, 1.807) is 14.2 Å². The van der Waals surface area contributed by atoms with Crippen molar-refractivity contribution in [2.75, 3.05) is 14.2 Å². The molecule has 1 aliphatic carbocycles. The van der Waals surface area contributed by atoms with Gasteiger partial charge in [0.1, 0.15) is 5.76 Å². The molecule has 3 heteroatoms. The Morgan fingerprint density at radius 2 is 1.82 bits per heavy atom. The number of allylic oxidation sites excluding steroid dienone is 2. The van der Waals surface area contributed by atoms with Gasteiger partial charge in [0.2, 0.25) is 0 Å². The zero-order valence-electron chi connectivity index (χ0n) is 10.1. The summed E-state index contributed by atoms with van der Waals surface area (Å²) in [4.78, 5) is 0. The zero-order valence-corrected chi connectivity index (χ0v) is 10.1. The highest BCUT2D eigenvalue weighted by molar-refractivity contribution is 5.70. The molecule has 90 valence electrons. The monoisotopic (exact) mass is 231 g/mol. The van der Waals surface area contributed by atoms with Crippen molar-refractivity contribution in [2.45, 2.75) is 12.1 Å². The molecule has 0 aromatic heterocycles. The van der Waals surface area contributed by atoms with Gasteiger partial charge in [-0.15, -0.1) is 0 Å². The predicted molar refractivity (Wildman–Crippen MR) is 68.1 cm³/mol. The molecule has 2 N–H and O–H groups in total. The first-order valence-corrected chi connectivity index (χ1v) is 5.54. The van der Waals surface area contributed by atoms with E-state index in [2.05, 4.69) is 12.1 Å². The van der Waals surface area contributed by atoms with Crippen LogP contribution in [-0.4, -0.2) is 19.9 Å². The summed E-state index contributed by atoms with van der Waals surface area (Å²) in [7, 11) is 3.20. The van der Waals surface area contributed by atoms with Crippen LogP contribution in [0, 0.1) is 0 Å². The predicted octanol–water partition coefficient (Wildman–Crippen LogP) is 2.31. The van der Waals surface area contributed by atoms with E-state index in [9.17, 15) is 0 Å². The van der Waals surface area contributed by atoms with E-state index in [0.29, 0.717) is 12.2 Å². The van der Waals surface area contributed by atoms with E-state index < -0.39 is 5.72 Å². The van der Waals surface area contributed by atoms with Crippen LogP contribution in [0.1, 0.15) is 12.0 Å². The molecule has 0 saturated carbocycles. The summed E-state index contributed by atoms with van der Waals surface area (Å²) >= 11 is 0. The molecule has 1 atom stereocenters. The highest BCUT2D eigenvalue weighted by atomic mass is 16.5. The fourth-order valence-electron chi connectivity index (χ4n) is 2.01. The number of benzene rings is 1. The van der Waals surface area contributed by atoms with E-state index in [0.717, 1.165) is 11.1 Å². The van der Waals surface area contributed by atoms with Gasteiger partial charge >= 0.3 is 0 Å². The standard InChI is InChI=1S/C14H17NO2/c1-16-13-9-8-12(10-14(13,15)17-2)11-6-4-3-5-7-11/h3-9H,10,15H2,1-2H3. The van der Waals surface area contributed by atoms with Gasteiger partial charge in [-0.25, -0.2) is 0 Å². The van der Waals surface area contributed by atoms with E-state index in [1.807, 2.05) is 30.4 Å². The molecule has 2 rings (SSSR count). The SMILES string of the molecule is COC1=CC=C(c2ccccc2)CC1(N)OC. The number of ether oxygens (including phenoxy) is 2. The molecular weight excluding hydrogens is 214 g/mol. The van der Waals surface area contributed by atoms with Crippen LogP contribution >= 0.6 is 0 Å². The molecule has 1 aromatic rings. The second kappa shape index (κ2) is 4.73. The second-order valence-corrected chi connectivity index (χ2v) is 4.06. The summed E-state index contributed by atoms with van der Waals surface area (Å²) in [6.07, 6.45) is 4.50. The van der Waals surface area contributed by atoms with Gasteiger partial charge in [-0.2, -0.15) is 0 Å². The van der Waals surface area contributed by atoms with Crippen LogP contribution in [0.4, 0.5) is 0 Å². The minimum Gasteiger partial charge on any atom is -0.497 e. The normalized spacial score (nSPS) is 23.9. The van der Waals surface area contributed by atoms with Crippen molar-refractivity contribution in [1.82, 2.24) is 0 Å². The molecule has 1 unspecified atom stereocenters. The highest BCUT2D eigenvalue weighted by Gasteiger charge is 2.34. The lowest BCUT2D eigenvalue weighted by atomic mass is 9.91. The molecule has 0 amide bonds. The summed E-state index contributed by atoms with van der Waals surface area (Å²) in [6.45, 7) is 0. The Balaban J connectivity index is 2.35. The van der Waals surface area contributed by atoms with Gasteiger partial charge in [-0.3, -0.25) is 5.73 Å². The van der Waals surface area contributed by atoms with Crippen LogP contribution in [0.3, 0.4) is 0 Å². The number of hydrogen-bond donors (Lipinski definition) is 1. The summed E-state index contributed by atoms with van der Waals surface area (Å²) in [5.41, 5.74) is 7.63. The molecule has 0 radical (unpaired) electrons. The number of hydrogen-bond acceptors (Lipinski definition) is 3. The Morgan fingerprint density at radius 3 is 2.41 bits per heavy atom. The fourth-order valence-corrected chi connectivity index (χ4v) is 2.01. The van der Waals surface area contributed by atoms with Gasteiger partial charge < -0.3 is 9.47 Å². The lowest BCUT2D eigenvalue weighted by molar-refractivity contribution is -0.0116. The fraction of sp³-hybridized carbons (Fsp3) is 0.286. The Morgan fingerprint density at radius 1 is 1.12 bits per heavy atom. The average Bonchev–Trinajstić information content (AvgIpc) is 2.39. The number of methoxy groups -OCH3 is 2. The van der Waals surface area contributed by atoms with Crippen LogP contribution in [-0.2, 0) is 9.47 Å². The molecule has 0 aliphatic heterocycles. The van der Waals surface area contributed by atoms with Crippen molar-refractivity contribution >= 4 is 5.57 Å². The van der Waals surface area contributed by atoms with Crippen LogP contribution in [0.15, 0.2) is 48.2 Å². The summed E-state index contributed by atoms with van der Waals surface area (Å²) in [6, 6.07) is 10.1. The first kappa shape index (κ1) is 11.9. The first-order valence-electron chi connectivity index (χ1n) is 5.54. The van der Waals surface area contributed by atoms with E-state index in [-0.39, 0.29) is 0 Å². The van der Waals surface area contributed by atoms with Gasteiger partial charge in [-0.1, -0.05) is 36.4 Å². The summed E-state index contributed by atoms with van der Waals surface area (Å²) in [5, 5.41) is 0. The van der Waals surface area contributed by atoms with Gasteiger partial charge in [0.25, 0.3) is 0 Å². The Kier molecular flexibility index (Phi) is 3.31. The average molecular weight is 231 g/mol. The Bertz CT molecular complexity index is 451. The Hall–Kier alpha value is -1.58. The van der Waals surface area contributed by atoms with E-state index in [1.165, 1.54) is 0 Å². The molecule has 0 fully saturated rings. The quantitative estimate of drug-likeness (QED) is 0.812. The Labute approximate surface area is 102 Å². The molecular formula is C14H17NO2. The molecule has 0 saturated heterocycles. The van der Waals surface area contributed by atoms with Crippen molar-refractivity contribution in [3.8, 4) is 0 Å². The second-order valence-electron chi connectivity index (χ2n) is 4.06. The molecule has 1 aliphatic rings. The van der Waals surface area contributed by atoms with Gasteiger partial charge in [0.05, 0.1) is 7.11 Å². The minimum absolute atomic E-state index is 0.604. The topological polar surface area (TPSA) is 44.5 Å². The van der Waals surface area contributed by atoms with Crippen LogP contribution < -0.4 is 5.73 Å². The van der Waals surface area contributed by atoms with E-state index >= 15 is 0 Å². The number of nitrogens with two attached hydrogens (primary N) is 1.